The maximum atomic E-state index is 12.5. The Bertz CT molecular complexity index is 711. The van der Waals surface area contributed by atoms with Crippen molar-refractivity contribution in [3.8, 4) is 11.5 Å². The number of carbonyl (C=O) groups excluding carboxylic acids is 3. The van der Waals surface area contributed by atoms with Crippen LogP contribution in [-0.4, -0.2) is 55.5 Å². The number of likely N-dealkylation sites (N-methyl/N-ethyl adjacent to an activating group) is 1. The van der Waals surface area contributed by atoms with Gasteiger partial charge in [0.25, 0.3) is 11.8 Å². The zero-order valence-electron chi connectivity index (χ0n) is 14.2. The molecular formula is C17H20N2O5. The van der Waals surface area contributed by atoms with Crippen LogP contribution in [0, 0.1) is 0 Å². The van der Waals surface area contributed by atoms with E-state index < -0.39 is 17.8 Å². The van der Waals surface area contributed by atoms with E-state index in [0.29, 0.717) is 23.5 Å². The van der Waals surface area contributed by atoms with Gasteiger partial charge in [0, 0.05) is 13.6 Å². The van der Waals surface area contributed by atoms with Gasteiger partial charge in [0.1, 0.15) is 5.57 Å². The minimum absolute atomic E-state index is 0.0576. The van der Waals surface area contributed by atoms with Crippen LogP contribution in [0.3, 0.4) is 0 Å². The van der Waals surface area contributed by atoms with Gasteiger partial charge in [0.05, 0.1) is 14.2 Å². The number of benzene rings is 1. The minimum Gasteiger partial charge on any atom is -0.493 e. The molecule has 7 heteroatoms. The third-order valence-corrected chi connectivity index (χ3v) is 3.69. The van der Waals surface area contributed by atoms with Gasteiger partial charge in [-0.3, -0.25) is 19.4 Å². The molecule has 0 bridgehead atoms. The van der Waals surface area contributed by atoms with Crippen molar-refractivity contribution < 1.29 is 23.9 Å². The van der Waals surface area contributed by atoms with Crippen molar-refractivity contribution in [2.75, 3.05) is 27.8 Å². The van der Waals surface area contributed by atoms with E-state index in [0.717, 1.165) is 9.80 Å². The highest BCUT2D eigenvalue weighted by Gasteiger charge is 2.39. The van der Waals surface area contributed by atoms with Crippen molar-refractivity contribution in [1.82, 2.24) is 9.80 Å². The number of rotatable bonds is 5. The van der Waals surface area contributed by atoms with Crippen LogP contribution in [-0.2, 0) is 9.59 Å². The second kappa shape index (κ2) is 7.16. The second-order valence-electron chi connectivity index (χ2n) is 5.28. The Labute approximate surface area is 140 Å². The van der Waals surface area contributed by atoms with E-state index in [-0.39, 0.29) is 12.1 Å². The third kappa shape index (κ3) is 3.10. The van der Waals surface area contributed by atoms with E-state index >= 15 is 0 Å². The van der Waals surface area contributed by atoms with E-state index in [1.807, 2.05) is 6.92 Å². The number of nitrogens with zero attached hydrogens (tertiary/aromatic N) is 2. The van der Waals surface area contributed by atoms with Crippen LogP contribution < -0.4 is 9.47 Å². The molecule has 1 heterocycles. The van der Waals surface area contributed by atoms with Gasteiger partial charge in [0.15, 0.2) is 11.5 Å². The van der Waals surface area contributed by atoms with Gasteiger partial charge in [-0.2, -0.15) is 0 Å². The van der Waals surface area contributed by atoms with Crippen molar-refractivity contribution in [2.24, 2.45) is 0 Å². The fourth-order valence-electron chi connectivity index (χ4n) is 2.43. The molecule has 1 aliphatic heterocycles. The molecule has 0 unspecified atom stereocenters. The number of imide groups is 2. The van der Waals surface area contributed by atoms with Gasteiger partial charge >= 0.3 is 6.03 Å². The summed E-state index contributed by atoms with van der Waals surface area (Å²) >= 11 is 0. The van der Waals surface area contributed by atoms with Gasteiger partial charge in [-0.15, -0.1) is 0 Å². The van der Waals surface area contributed by atoms with Crippen molar-refractivity contribution in [3.63, 3.8) is 0 Å². The number of carbonyl (C=O) groups is 3. The predicted octanol–water partition coefficient (Wildman–Crippen LogP) is 1.92. The molecule has 1 aliphatic rings. The Morgan fingerprint density at radius 1 is 1.04 bits per heavy atom. The minimum atomic E-state index is -0.618. The van der Waals surface area contributed by atoms with Crippen LogP contribution in [0.4, 0.5) is 4.79 Å². The summed E-state index contributed by atoms with van der Waals surface area (Å²) in [5, 5.41) is 0. The molecule has 0 aromatic heterocycles. The van der Waals surface area contributed by atoms with Crippen molar-refractivity contribution in [1.29, 1.82) is 0 Å². The lowest BCUT2D eigenvalue weighted by molar-refractivity contribution is -0.135. The molecule has 1 aromatic rings. The molecule has 0 saturated carbocycles. The van der Waals surface area contributed by atoms with Crippen molar-refractivity contribution >= 4 is 23.9 Å². The van der Waals surface area contributed by atoms with Crippen LogP contribution in [0.5, 0.6) is 11.5 Å². The maximum absolute atomic E-state index is 12.5. The van der Waals surface area contributed by atoms with Gasteiger partial charge in [0.2, 0.25) is 0 Å². The van der Waals surface area contributed by atoms with Gasteiger partial charge in [-0.25, -0.2) is 4.79 Å². The standard InChI is InChI=1S/C17H20N2O5/c1-5-8-19-16(21)12(15(20)18(2)17(19)22)9-11-6-7-13(23-3)14(10-11)24-4/h6-7,9-10H,5,8H2,1-4H3. The number of methoxy groups -OCH3 is 2. The molecule has 1 saturated heterocycles. The van der Waals surface area contributed by atoms with Crippen molar-refractivity contribution in [2.45, 2.75) is 13.3 Å². The Balaban J connectivity index is 2.44. The Morgan fingerprint density at radius 3 is 2.29 bits per heavy atom. The van der Waals surface area contributed by atoms with E-state index in [4.69, 9.17) is 9.47 Å². The van der Waals surface area contributed by atoms with E-state index in [1.165, 1.54) is 27.3 Å². The molecule has 1 aromatic carbocycles. The summed E-state index contributed by atoms with van der Waals surface area (Å²) in [4.78, 5) is 38.9. The number of ether oxygens (including phenoxy) is 2. The molecule has 0 aliphatic carbocycles. The lowest BCUT2D eigenvalue weighted by Crippen LogP contribution is -2.54. The summed E-state index contributed by atoms with van der Waals surface area (Å²) in [6.07, 6.45) is 2.07. The molecule has 128 valence electrons. The summed E-state index contributed by atoms with van der Waals surface area (Å²) in [6.45, 7) is 2.12. The lowest BCUT2D eigenvalue weighted by atomic mass is 10.1. The van der Waals surface area contributed by atoms with E-state index in [9.17, 15) is 14.4 Å². The molecule has 1 fully saturated rings. The fourth-order valence-corrected chi connectivity index (χ4v) is 2.43. The zero-order valence-corrected chi connectivity index (χ0v) is 14.2. The van der Waals surface area contributed by atoms with Gasteiger partial charge in [-0.05, 0) is 30.2 Å². The first kappa shape index (κ1) is 17.5. The van der Waals surface area contributed by atoms with Gasteiger partial charge in [-0.1, -0.05) is 13.0 Å². The van der Waals surface area contributed by atoms with E-state index in [2.05, 4.69) is 0 Å². The average molecular weight is 332 g/mol. The molecule has 4 amide bonds. The third-order valence-electron chi connectivity index (χ3n) is 3.69. The molecule has 7 nitrogen and oxygen atoms in total. The highest BCUT2D eigenvalue weighted by Crippen LogP contribution is 2.29. The summed E-state index contributed by atoms with van der Waals surface area (Å²) in [5.74, 6) is -0.176. The molecule has 0 radical (unpaired) electrons. The van der Waals surface area contributed by atoms with Crippen molar-refractivity contribution in [3.05, 3.63) is 29.3 Å². The first-order valence-corrected chi connectivity index (χ1v) is 7.52. The first-order valence-electron chi connectivity index (χ1n) is 7.52. The normalized spacial score (nSPS) is 16.8. The Kier molecular flexibility index (Phi) is 5.23. The van der Waals surface area contributed by atoms with E-state index in [1.54, 1.807) is 18.2 Å². The summed E-state index contributed by atoms with van der Waals surface area (Å²) in [6, 6.07) is 4.45. The Morgan fingerprint density at radius 2 is 1.71 bits per heavy atom. The molecule has 2 rings (SSSR count). The summed E-state index contributed by atoms with van der Waals surface area (Å²) in [7, 11) is 4.39. The zero-order chi connectivity index (χ0) is 17.9. The summed E-state index contributed by atoms with van der Waals surface area (Å²) < 4.78 is 10.4. The smallest absolute Gasteiger partial charge is 0.333 e. The molecule has 0 spiro atoms. The number of hydrogen-bond acceptors (Lipinski definition) is 5. The topological polar surface area (TPSA) is 76.2 Å². The molecule has 0 N–H and O–H groups in total. The van der Waals surface area contributed by atoms with Crippen LogP contribution in [0.25, 0.3) is 6.08 Å². The number of barbiturate groups is 1. The highest BCUT2D eigenvalue weighted by atomic mass is 16.5. The van der Waals surface area contributed by atoms with Crippen LogP contribution in [0.1, 0.15) is 18.9 Å². The largest absolute Gasteiger partial charge is 0.493 e. The molecular weight excluding hydrogens is 312 g/mol. The predicted molar refractivity (Wildman–Crippen MR) is 87.7 cm³/mol. The number of amides is 4. The first-order chi connectivity index (χ1) is 11.4. The SMILES string of the molecule is CCCN1C(=O)C(=Cc2ccc(OC)c(OC)c2)C(=O)N(C)C1=O. The number of urea groups is 1. The van der Waals surface area contributed by atoms with Crippen LogP contribution in [0.2, 0.25) is 0 Å². The van der Waals surface area contributed by atoms with Crippen LogP contribution in [0.15, 0.2) is 23.8 Å². The average Bonchev–Trinajstić information content (AvgIpc) is 2.60. The maximum Gasteiger partial charge on any atom is 0.333 e. The fraction of sp³-hybridized carbons (Fsp3) is 0.353. The highest BCUT2D eigenvalue weighted by molar-refractivity contribution is 6.30. The number of hydrogen-bond donors (Lipinski definition) is 0. The molecule has 24 heavy (non-hydrogen) atoms. The second-order valence-corrected chi connectivity index (χ2v) is 5.28. The Hall–Kier alpha value is -2.83. The van der Waals surface area contributed by atoms with Crippen LogP contribution >= 0.6 is 0 Å². The lowest BCUT2D eigenvalue weighted by Gasteiger charge is -2.31. The monoisotopic (exact) mass is 332 g/mol. The van der Waals surface area contributed by atoms with Gasteiger partial charge < -0.3 is 9.47 Å². The molecule has 0 atom stereocenters. The quantitative estimate of drug-likeness (QED) is 0.608. The summed E-state index contributed by atoms with van der Waals surface area (Å²) in [5.41, 5.74) is 0.543.